The molecular formula is C11H17ClN5O7P. The Hall–Kier alpha value is -1.24. The molecule has 2 aliphatic heterocycles. The largest absolute Gasteiger partial charge is 0.469 e. The van der Waals surface area contributed by atoms with E-state index in [1.165, 1.54) is 6.33 Å². The third-order valence-electron chi connectivity index (χ3n) is 3.84. The first-order valence-electron chi connectivity index (χ1n) is 7.17. The Morgan fingerprint density at radius 1 is 1.40 bits per heavy atom. The summed E-state index contributed by atoms with van der Waals surface area (Å²) in [4.78, 5) is 25.5. The zero-order chi connectivity index (χ0) is 18.4. The van der Waals surface area contributed by atoms with Crippen LogP contribution in [0, 0.1) is 0 Å². The molecule has 140 valence electrons. The number of aliphatic imine (C=N–C) groups is 1. The highest BCUT2D eigenvalue weighted by atomic mass is 35.5. The fraction of sp³-hybridized carbons (Fsp3) is 0.636. The molecular weight excluding hydrogens is 381 g/mol. The standard InChI is InChI=1S/C11H17ClN5O7P/c12-9-6-10(16-11(13)15-9)17(3-14-6)1-4-7(18)8(19)5(24-4)2-23-25(20,21)22/h3-5,7-9,18-19H,1-2H2,(H3,13,15,16)(H2,20,21,22)/t4-,5+,7?,8+,9?/m0/s1. The number of phosphoric acid groups is 1. The number of aromatic nitrogens is 2. The number of nitrogens with one attached hydrogen (secondary N) is 1. The van der Waals surface area contributed by atoms with Crippen LogP contribution in [0.4, 0.5) is 5.82 Å². The molecule has 1 aromatic heterocycles. The van der Waals surface area contributed by atoms with E-state index in [4.69, 9.17) is 31.9 Å². The number of alkyl halides is 1. The lowest BCUT2D eigenvalue weighted by Gasteiger charge is -2.20. The molecule has 12 nitrogen and oxygen atoms in total. The maximum Gasteiger partial charge on any atom is 0.469 e. The molecule has 0 bridgehead atoms. The molecule has 1 aromatic rings. The predicted octanol–water partition coefficient (Wildman–Crippen LogP) is -1.54. The van der Waals surface area contributed by atoms with Crippen LogP contribution in [0.2, 0.25) is 0 Å². The summed E-state index contributed by atoms with van der Waals surface area (Å²) < 4.78 is 22.1. The Morgan fingerprint density at radius 3 is 2.76 bits per heavy atom. The summed E-state index contributed by atoms with van der Waals surface area (Å²) >= 11 is 6.04. The van der Waals surface area contributed by atoms with E-state index in [0.29, 0.717) is 11.5 Å². The first kappa shape index (κ1) is 18.5. The van der Waals surface area contributed by atoms with Crippen LogP contribution in [0.1, 0.15) is 11.2 Å². The van der Waals surface area contributed by atoms with Crippen molar-refractivity contribution in [1.82, 2.24) is 9.55 Å². The third-order valence-corrected chi connectivity index (χ3v) is 4.63. The van der Waals surface area contributed by atoms with Crippen molar-refractivity contribution >= 4 is 31.2 Å². The van der Waals surface area contributed by atoms with Gasteiger partial charge in [0.2, 0.25) is 0 Å². The van der Waals surface area contributed by atoms with E-state index in [0.717, 1.165) is 0 Å². The molecule has 7 N–H and O–H groups in total. The molecule has 2 unspecified atom stereocenters. The third kappa shape index (κ3) is 3.96. The second kappa shape index (κ2) is 6.82. The maximum absolute atomic E-state index is 10.8. The van der Waals surface area contributed by atoms with Crippen LogP contribution in [0.15, 0.2) is 11.3 Å². The molecule has 0 aliphatic carbocycles. The van der Waals surface area contributed by atoms with Crippen molar-refractivity contribution in [3.63, 3.8) is 0 Å². The number of phosphoric ester groups is 1. The Labute approximate surface area is 146 Å². The number of fused-ring (bicyclic) bond motifs is 1. The van der Waals surface area contributed by atoms with Gasteiger partial charge in [-0.1, -0.05) is 11.6 Å². The number of imidazole rings is 1. The maximum atomic E-state index is 10.8. The molecule has 0 amide bonds. The number of hydrogen-bond acceptors (Lipinski definition) is 9. The van der Waals surface area contributed by atoms with Gasteiger partial charge >= 0.3 is 7.82 Å². The quantitative estimate of drug-likeness (QED) is 0.193. The number of nitrogens with zero attached hydrogens (tertiary/aromatic N) is 3. The van der Waals surface area contributed by atoms with E-state index in [2.05, 4.69) is 19.8 Å². The average Bonchev–Trinajstić information content (AvgIpc) is 3.01. The number of aliphatic hydroxyl groups is 2. The van der Waals surface area contributed by atoms with Crippen molar-refractivity contribution in [2.24, 2.45) is 10.7 Å². The van der Waals surface area contributed by atoms with Gasteiger partial charge in [-0.25, -0.2) is 14.5 Å². The first-order valence-corrected chi connectivity index (χ1v) is 9.13. The van der Waals surface area contributed by atoms with Crippen LogP contribution in [0.3, 0.4) is 0 Å². The smallest absolute Gasteiger partial charge is 0.388 e. The second-order valence-corrected chi connectivity index (χ2v) is 7.24. The molecule has 0 aromatic carbocycles. The minimum atomic E-state index is -4.71. The van der Waals surface area contributed by atoms with Gasteiger partial charge < -0.3 is 40.4 Å². The highest BCUT2D eigenvalue weighted by Gasteiger charge is 2.44. The van der Waals surface area contributed by atoms with Crippen LogP contribution in [0.25, 0.3) is 0 Å². The number of guanidine groups is 1. The zero-order valence-corrected chi connectivity index (χ0v) is 14.3. The van der Waals surface area contributed by atoms with E-state index < -0.39 is 44.3 Å². The number of hydrogen-bond donors (Lipinski definition) is 6. The number of halogens is 1. The van der Waals surface area contributed by atoms with E-state index in [1.807, 2.05) is 0 Å². The molecule has 0 radical (unpaired) electrons. The Balaban J connectivity index is 1.69. The second-order valence-electron chi connectivity index (χ2n) is 5.59. The minimum absolute atomic E-state index is 0.0802. The number of rotatable bonds is 5. The highest BCUT2D eigenvalue weighted by Crippen LogP contribution is 2.37. The van der Waals surface area contributed by atoms with Gasteiger partial charge in [0.15, 0.2) is 11.5 Å². The fourth-order valence-corrected chi connectivity index (χ4v) is 3.27. The molecule has 2 aliphatic rings. The van der Waals surface area contributed by atoms with Gasteiger partial charge in [0.1, 0.15) is 35.9 Å². The van der Waals surface area contributed by atoms with E-state index in [9.17, 15) is 14.8 Å². The topological polar surface area (TPSA) is 185 Å². The highest BCUT2D eigenvalue weighted by molar-refractivity contribution is 7.46. The molecule has 0 saturated carbocycles. The number of anilines is 1. The van der Waals surface area contributed by atoms with Gasteiger partial charge in [0.25, 0.3) is 0 Å². The molecule has 1 fully saturated rings. The summed E-state index contributed by atoms with van der Waals surface area (Å²) in [5, 5.41) is 22.9. The summed E-state index contributed by atoms with van der Waals surface area (Å²) in [6, 6.07) is 0. The summed E-state index contributed by atoms with van der Waals surface area (Å²) in [6.07, 6.45) is -3.16. The molecule has 3 rings (SSSR count). The summed E-state index contributed by atoms with van der Waals surface area (Å²) in [6.45, 7) is -0.487. The molecule has 5 atom stereocenters. The van der Waals surface area contributed by atoms with Crippen molar-refractivity contribution in [2.75, 3.05) is 11.9 Å². The Bertz CT molecular complexity index is 724. The Morgan fingerprint density at radius 2 is 2.08 bits per heavy atom. The van der Waals surface area contributed by atoms with Gasteiger partial charge in [-0.15, -0.1) is 0 Å². The van der Waals surface area contributed by atoms with Crippen molar-refractivity contribution < 1.29 is 33.8 Å². The molecule has 1 saturated heterocycles. The minimum Gasteiger partial charge on any atom is -0.388 e. The molecule has 0 spiro atoms. The van der Waals surface area contributed by atoms with Crippen LogP contribution >= 0.6 is 19.4 Å². The normalized spacial score (nSPS) is 32.2. The first-order chi connectivity index (χ1) is 11.7. The van der Waals surface area contributed by atoms with Crippen molar-refractivity contribution in [1.29, 1.82) is 0 Å². The van der Waals surface area contributed by atoms with Gasteiger partial charge in [-0.05, 0) is 0 Å². The van der Waals surface area contributed by atoms with Crippen molar-refractivity contribution in [3.05, 3.63) is 12.0 Å². The van der Waals surface area contributed by atoms with E-state index >= 15 is 0 Å². The van der Waals surface area contributed by atoms with Gasteiger partial charge in [0.05, 0.1) is 19.5 Å². The molecule has 25 heavy (non-hydrogen) atoms. The number of aliphatic hydroxyl groups excluding tert-OH is 2. The summed E-state index contributed by atoms with van der Waals surface area (Å²) in [7, 11) is -4.71. The molecule has 3 heterocycles. The average molecular weight is 398 g/mol. The molecule has 14 heteroatoms. The number of nitrogens with two attached hydrogens (primary N) is 1. The van der Waals surface area contributed by atoms with Crippen LogP contribution in [0.5, 0.6) is 0 Å². The van der Waals surface area contributed by atoms with Crippen LogP contribution in [-0.2, 0) is 20.4 Å². The van der Waals surface area contributed by atoms with Gasteiger partial charge in [-0.3, -0.25) is 4.52 Å². The SMILES string of the molecule is NC1=NC(Cl)c2ncn(C[C@@H]3O[C@H](COP(=O)(O)O)[C@@H](O)C3O)c2N1. The van der Waals surface area contributed by atoms with Gasteiger partial charge in [0, 0.05) is 0 Å². The van der Waals surface area contributed by atoms with E-state index in [-0.39, 0.29) is 12.5 Å². The fourth-order valence-electron chi connectivity index (χ4n) is 2.66. The van der Waals surface area contributed by atoms with E-state index in [1.54, 1.807) is 4.57 Å². The monoisotopic (exact) mass is 397 g/mol. The van der Waals surface area contributed by atoms with Gasteiger partial charge in [-0.2, -0.15) is 0 Å². The van der Waals surface area contributed by atoms with Crippen LogP contribution < -0.4 is 11.1 Å². The summed E-state index contributed by atoms with van der Waals surface area (Å²) in [5.41, 5.74) is 5.33. The Kier molecular flexibility index (Phi) is 5.06. The lowest BCUT2D eigenvalue weighted by Crippen LogP contribution is -2.35. The lowest BCUT2D eigenvalue weighted by atomic mass is 10.1. The zero-order valence-electron chi connectivity index (χ0n) is 12.6. The predicted molar refractivity (Wildman–Crippen MR) is 84.7 cm³/mol. The summed E-state index contributed by atoms with van der Waals surface area (Å²) in [5.74, 6) is 0.586. The number of ether oxygens (including phenoxy) is 1. The van der Waals surface area contributed by atoms with Crippen molar-refractivity contribution in [3.8, 4) is 0 Å². The lowest BCUT2D eigenvalue weighted by molar-refractivity contribution is -0.0259. The van der Waals surface area contributed by atoms with Crippen LogP contribution in [-0.4, -0.2) is 66.5 Å². The van der Waals surface area contributed by atoms with Crippen molar-refractivity contribution in [2.45, 2.75) is 36.5 Å².